The molecule has 2 heterocycles. The van der Waals surface area contributed by atoms with Gasteiger partial charge in [-0.15, -0.1) is 24.0 Å². The first kappa shape index (κ1) is 23.6. The SMILES string of the molecule is CCNC(=NCc1ccc(S(=O)(=O)N2CCCC2)cc1)NCc1ccccn1.I. The van der Waals surface area contributed by atoms with E-state index in [0.717, 1.165) is 30.6 Å². The predicted molar refractivity (Wildman–Crippen MR) is 126 cm³/mol. The van der Waals surface area contributed by atoms with Crippen molar-refractivity contribution in [2.75, 3.05) is 19.6 Å². The summed E-state index contributed by atoms with van der Waals surface area (Å²) in [5, 5.41) is 6.46. The second-order valence-corrected chi connectivity index (χ2v) is 8.56. The number of guanidine groups is 1. The smallest absolute Gasteiger partial charge is 0.243 e. The van der Waals surface area contributed by atoms with Gasteiger partial charge in [-0.3, -0.25) is 4.98 Å². The summed E-state index contributed by atoms with van der Waals surface area (Å²) < 4.78 is 26.7. The van der Waals surface area contributed by atoms with E-state index in [0.29, 0.717) is 37.0 Å². The Labute approximate surface area is 190 Å². The molecule has 1 saturated heterocycles. The number of aromatic nitrogens is 1. The average molecular weight is 529 g/mol. The van der Waals surface area contributed by atoms with Crippen LogP contribution >= 0.6 is 24.0 Å². The molecular weight excluding hydrogens is 501 g/mol. The molecule has 3 rings (SSSR count). The van der Waals surface area contributed by atoms with Gasteiger partial charge in [0.25, 0.3) is 0 Å². The van der Waals surface area contributed by atoms with Gasteiger partial charge in [0.15, 0.2) is 5.96 Å². The van der Waals surface area contributed by atoms with Crippen molar-refractivity contribution in [3.8, 4) is 0 Å². The van der Waals surface area contributed by atoms with Crippen molar-refractivity contribution in [1.82, 2.24) is 19.9 Å². The number of sulfonamides is 1. The zero-order valence-electron chi connectivity index (χ0n) is 16.5. The van der Waals surface area contributed by atoms with Crippen LogP contribution in [0.4, 0.5) is 0 Å². The van der Waals surface area contributed by atoms with Gasteiger partial charge in [-0.25, -0.2) is 13.4 Å². The van der Waals surface area contributed by atoms with Crippen LogP contribution in [0.1, 0.15) is 31.0 Å². The van der Waals surface area contributed by atoms with Crippen LogP contribution in [0.15, 0.2) is 58.5 Å². The Kier molecular flexibility index (Phi) is 9.31. The monoisotopic (exact) mass is 529 g/mol. The van der Waals surface area contributed by atoms with Gasteiger partial charge in [0.2, 0.25) is 10.0 Å². The van der Waals surface area contributed by atoms with Crippen molar-refractivity contribution in [1.29, 1.82) is 0 Å². The van der Waals surface area contributed by atoms with E-state index < -0.39 is 10.0 Å². The van der Waals surface area contributed by atoms with Crippen molar-refractivity contribution >= 4 is 40.0 Å². The number of nitrogens with one attached hydrogen (secondary N) is 2. The maximum absolute atomic E-state index is 12.6. The lowest BCUT2D eigenvalue weighted by atomic mass is 10.2. The Bertz CT molecular complexity index is 883. The number of nitrogens with zero attached hydrogens (tertiary/aromatic N) is 3. The number of hydrogen-bond acceptors (Lipinski definition) is 4. The molecule has 0 amide bonds. The number of pyridine rings is 1. The third kappa shape index (κ3) is 6.65. The van der Waals surface area contributed by atoms with Crippen LogP contribution in [0.3, 0.4) is 0 Å². The van der Waals surface area contributed by atoms with Crippen molar-refractivity contribution in [2.45, 2.75) is 37.8 Å². The average Bonchev–Trinajstić information content (AvgIpc) is 3.27. The summed E-state index contributed by atoms with van der Waals surface area (Å²) in [4.78, 5) is 9.21. The fraction of sp³-hybridized carbons (Fsp3) is 0.400. The summed E-state index contributed by atoms with van der Waals surface area (Å²) in [5.74, 6) is 0.696. The molecule has 158 valence electrons. The van der Waals surface area contributed by atoms with Crippen LogP contribution in [0.2, 0.25) is 0 Å². The molecule has 29 heavy (non-hydrogen) atoms. The highest BCUT2D eigenvalue weighted by atomic mass is 127. The molecule has 1 fully saturated rings. The van der Waals surface area contributed by atoms with E-state index in [1.54, 1.807) is 22.6 Å². The Morgan fingerprint density at radius 3 is 2.45 bits per heavy atom. The predicted octanol–water partition coefficient (Wildman–Crippen LogP) is 2.74. The fourth-order valence-corrected chi connectivity index (χ4v) is 4.55. The third-order valence-electron chi connectivity index (χ3n) is 4.55. The molecule has 0 spiro atoms. The van der Waals surface area contributed by atoms with E-state index in [-0.39, 0.29) is 24.0 Å². The molecule has 1 aliphatic rings. The van der Waals surface area contributed by atoms with Crippen molar-refractivity contribution in [2.24, 2.45) is 4.99 Å². The quantitative estimate of drug-likeness (QED) is 0.328. The molecule has 0 bridgehead atoms. The summed E-state index contributed by atoms with van der Waals surface area (Å²) in [5.41, 5.74) is 1.89. The Morgan fingerprint density at radius 2 is 1.83 bits per heavy atom. The molecule has 1 aliphatic heterocycles. The van der Waals surface area contributed by atoms with Crippen LogP contribution in [0.25, 0.3) is 0 Å². The largest absolute Gasteiger partial charge is 0.357 e. The second kappa shape index (κ2) is 11.5. The molecule has 7 nitrogen and oxygen atoms in total. The van der Waals surface area contributed by atoms with Gasteiger partial charge >= 0.3 is 0 Å². The van der Waals surface area contributed by atoms with Gasteiger partial charge in [0.05, 0.1) is 23.7 Å². The molecule has 2 aromatic rings. The van der Waals surface area contributed by atoms with Crippen LogP contribution in [0.5, 0.6) is 0 Å². The second-order valence-electron chi connectivity index (χ2n) is 6.62. The highest BCUT2D eigenvalue weighted by Gasteiger charge is 2.26. The fourth-order valence-electron chi connectivity index (χ4n) is 3.03. The van der Waals surface area contributed by atoms with Crippen LogP contribution < -0.4 is 10.6 Å². The van der Waals surface area contributed by atoms with Gasteiger partial charge in [0.1, 0.15) is 0 Å². The molecule has 9 heteroatoms. The number of hydrogen-bond donors (Lipinski definition) is 2. The zero-order valence-corrected chi connectivity index (χ0v) is 19.7. The maximum Gasteiger partial charge on any atom is 0.243 e. The number of halogens is 1. The van der Waals surface area contributed by atoms with Crippen molar-refractivity contribution < 1.29 is 8.42 Å². The highest BCUT2D eigenvalue weighted by molar-refractivity contribution is 14.0. The van der Waals surface area contributed by atoms with E-state index in [2.05, 4.69) is 20.6 Å². The molecule has 0 aliphatic carbocycles. The van der Waals surface area contributed by atoms with E-state index in [1.807, 2.05) is 37.3 Å². The minimum atomic E-state index is -3.37. The molecule has 0 atom stereocenters. The lowest BCUT2D eigenvalue weighted by molar-refractivity contribution is 0.477. The van der Waals surface area contributed by atoms with Crippen LogP contribution in [0, 0.1) is 0 Å². The van der Waals surface area contributed by atoms with Gasteiger partial charge in [-0.2, -0.15) is 4.31 Å². The molecule has 2 N–H and O–H groups in total. The highest BCUT2D eigenvalue weighted by Crippen LogP contribution is 2.21. The summed E-state index contributed by atoms with van der Waals surface area (Å²) in [6.45, 7) is 5.03. The lowest BCUT2D eigenvalue weighted by Gasteiger charge is -2.15. The molecule has 0 unspecified atom stereocenters. The Balaban J connectivity index is 0.00000300. The summed E-state index contributed by atoms with van der Waals surface area (Å²) in [6, 6.07) is 12.8. The van der Waals surface area contributed by atoms with Gasteiger partial charge in [0, 0.05) is 25.8 Å². The Morgan fingerprint density at radius 1 is 1.10 bits per heavy atom. The van der Waals surface area contributed by atoms with E-state index in [1.165, 1.54) is 0 Å². The first-order valence-electron chi connectivity index (χ1n) is 9.61. The van der Waals surface area contributed by atoms with Gasteiger partial charge < -0.3 is 10.6 Å². The zero-order chi connectivity index (χ0) is 19.8. The molecule has 1 aromatic carbocycles. The lowest BCUT2D eigenvalue weighted by Crippen LogP contribution is -2.37. The Hall–Kier alpha value is -1.72. The molecular formula is C20H28IN5O2S. The standard InChI is InChI=1S/C20H27N5O2S.HI/c1-2-21-20(24-16-18-7-3-4-12-22-18)23-15-17-8-10-19(11-9-17)28(26,27)25-13-5-6-14-25;/h3-4,7-12H,2,5-6,13-16H2,1H3,(H2,21,23,24);1H. The van der Waals surface area contributed by atoms with E-state index >= 15 is 0 Å². The van der Waals surface area contributed by atoms with Gasteiger partial charge in [-0.1, -0.05) is 18.2 Å². The van der Waals surface area contributed by atoms with Crippen molar-refractivity contribution in [3.63, 3.8) is 0 Å². The molecule has 1 aromatic heterocycles. The third-order valence-corrected chi connectivity index (χ3v) is 6.47. The maximum atomic E-state index is 12.6. The van der Waals surface area contributed by atoms with Crippen LogP contribution in [-0.4, -0.2) is 43.3 Å². The summed E-state index contributed by atoms with van der Waals surface area (Å²) in [6.07, 6.45) is 3.63. The summed E-state index contributed by atoms with van der Waals surface area (Å²) >= 11 is 0. The molecule has 0 saturated carbocycles. The van der Waals surface area contributed by atoms with Crippen LogP contribution in [-0.2, 0) is 23.1 Å². The summed E-state index contributed by atoms with van der Waals surface area (Å²) in [7, 11) is -3.37. The minimum absolute atomic E-state index is 0. The number of benzene rings is 1. The van der Waals surface area contributed by atoms with Gasteiger partial charge in [-0.05, 0) is 49.6 Å². The topological polar surface area (TPSA) is 86.7 Å². The minimum Gasteiger partial charge on any atom is -0.357 e. The normalized spacial score (nSPS) is 15.0. The van der Waals surface area contributed by atoms with Crippen molar-refractivity contribution in [3.05, 3.63) is 59.9 Å². The molecule has 0 radical (unpaired) electrons. The van der Waals surface area contributed by atoms with E-state index in [4.69, 9.17) is 0 Å². The number of aliphatic imine (C=N–C) groups is 1. The first-order valence-corrected chi connectivity index (χ1v) is 11.0. The first-order chi connectivity index (χ1) is 13.6. The van der Waals surface area contributed by atoms with E-state index in [9.17, 15) is 8.42 Å². The number of rotatable bonds is 7.